The zero-order chi connectivity index (χ0) is 16.6. The monoisotopic (exact) mass is 315 g/mol. The molecule has 0 saturated heterocycles. The largest absolute Gasteiger partial charge is 0.481 e. The van der Waals surface area contributed by atoms with Gasteiger partial charge in [-0.25, -0.2) is 4.39 Å². The molecule has 120 valence electrons. The van der Waals surface area contributed by atoms with Crippen LogP contribution < -0.4 is 0 Å². The van der Waals surface area contributed by atoms with Gasteiger partial charge in [-0.15, -0.1) is 0 Å². The van der Waals surface area contributed by atoms with Gasteiger partial charge in [0.25, 0.3) is 0 Å². The molecule has 23 heavy (non-hydrogen) atoms. The Hall–Kier alpha value is -2.42. The first kappa shape index (κ1) is 15.5. The van der Waals surface area contributed by atoms with Crippen molar-refractivity contribution in [3.63, 3.8) is 0 Å². The Morgan fingerprint density at radius 1 is 1.43 bits per heavy atom. The van der Waals surface area contributed by atoms with Crippen molar-refractivity contribution in [3.8, 4) is 6.07 Å². The number of hydrogen-bond donors (Lipinski definition) is 1. The number of hydrogen-bond acceptors (Lipinski definition) is 3. The molecule has 1 aliphatic rings. The molecule has 2 aromatic rings. The molecule has 1 aromatic carbocycles. The lowest BCUT2D eigenvalue weighted by Crippen LogP contribution is -2.24. The van der Waals surface area contributed by atoms with E-state index < -0.39 is 11.8 Å². The lowest BCUT2D eigenvalue weighted by molar-refractivity contribution is -0.143. The van der Waals surface area contributed by atoms with Crippen molar-refractivity contribution in [2.24, 2.45) is 11.8 Å². The predicted molar refractivity (Wildman–Crippen MR) is 82.2 cm³/mol. The summed E-state index contributed by atoms with van der Waals surface area (Å²) in [4.78, 5) is 11.0. The second kappa shape index (κ2) is 5.99. The molecule has 3 rings (SSSR count). The Kier molecular flexibility index (Phi) is 4.03. The Labute approximate surface area is 133 Å². The first-order valence-electron chi connectivity index (χ1n) is 7.79. The van der Waals surface area contributed by atoms with E-state index >= 15 is 0 Å². The normalized spacial score (nSPS) is 21.3. The van der Waals surface area contributed by atoms with Gasteiger partial charge in [-0.3, -0.25) is 9.48 Å². The molecule has 6 heteroatoms. The number of fused-ring (bicyclic) bond motifs is 1. The number of aryl methyl sites for hydroxylation is 1. The minimum atomic E-state index is -0.713. The summed E-state index contributed by atoms with van der Waals surface area (Å²) >= 11 is 0. The molecular formula is C17H18FN3O2. The summed E-state index contributed by atoms with van der Waals surface area (Å²) in [6, 6.07) is 4.77. The van der Waals surface area contributed by atoms with Crippen molar-refractivity contribution >= 4 is 16.9 Å². The Bertz CT molecular complexity index is 798. The van der Waals surface area contributed by atoms with Crippen LogP contribution in [0.5, 0.6) is 0 Å². The van der Waals surface area contributed by atoms with Crippen LogP contribution in [-0.4, -0.2) is 20.9 Å². The zero-order valence-electron chi connectivity index (χ0n) is 12.9. The highest BCUT2D eigenvalue weighted by molar-refractivity contribution is 5.83. The van der Waals surface area contributed by atoms with Gasteiger partial charge in [0.05, 0.1) is 22.7 Å². The summed E-state index contributed by atoms with van der Waals surface area (Å²) in [7, 11) is 0. The number of carboxylic acids is 1. The van der Waals surface area contributed by atoms with Crippen LogP contribution in [0.1, 0.15) is 36.9 Å². The van der Waals surface area contributed by atoms with Crippen LogP contribution >= 0.6 is 0 Å². The van der Waals surface area contributed by atoms with E-state index in [0.29, 0.717) is 30.8 Å². The number of nitrogens with zero attached hydrogens (tertiary/aromatic N) is 3. The lowest BCUT2D eigenvalue weighted by Gasteiger charge is -2.26. The third-order valence-electron chi connectivity index (χ3n) is 4.77. The van der Waals surface area contributed by atoms with Gasteiger partial charge in [0.2, 0.25) is 0 Å². The van der Waals surface area contributed by atoms with Crippen molar-refractivity contribution in [2.75, 3.05) is 0 Å². The molecule has 0 atom stereocenters. The number of aromatic nitrogens is 2. The highest BCUT2D eigenvalue weighted by Crippen LogP contribution is 2.31. The highest BCUT2D eigenvalue weighted by atomic mass is 19.1. The minimum Gasteiger partial charge on any atom is -0.481 e. The van der Waals surface area contributed by atoms with Gasteiger partial charge in [-0.1, -0.05) is 0 Å². The molecule has 1 aliphatic carbocycles. The minimum absolute atomic E-state index is 0.0297. The Balaban J connectivity index is 1.83. The van der Waals surface area contributed by atoms with Crippen LogP contribution in [0.4, 0.5) is 4.39 Å². The summed E-state index contributed by atoms with van der Waals surface area (Å²) in [5.74, 6) is -1.13. The zero-order valence-corrected chi connectivity index (χ0v) is 12.9. The number of carbonyl (C=O) groups is 1. The summed E-state index contributed by atoms with van der Waals surface area (Å²) in [6.45, 7) is 2.50. The topological polar surface area (TPSA) is 78.9 Å². The molecule has 0 amide bonds. The van der Waals surface area contributed by atoms with Crippen molar-refractivity contribution in [3.05, 3.63) is 29.2 Å². The van der Waals surface area contributed by atoms with E-state index in [-0.39, 0.29) is 11.5 Å². The number of benzene rings is 1. The van der Waals surface area contributed by atoms with Crippen LogP contribution in [0.3, 0.4) is 0 Å². The van der Waals surface area contributed by atoms with Crippen LogP contribution in [0, 0.1) is 35.9 Å². The first-order chi connectivity index (χ1) is 11.0. The van der Waals surface area contributed by atoms with E-state index in [0.717, 1.165) is 23.9 Å². The third kappa shape index (κ3) is 2.91. The van der Waals surface area contributed by atoms with Gasteiger partial charge >= 0.3 is 5.97 Å². The fourth-order valence-corrected chi connectivity index (χ4v) is 3.42. The Morgan fingerprint density at radius 2 is 2.13 bits per heavy atom. The highest BCUT2D eigenvalue weighted by Gasteiger charge is 2.26. The first-order valence-corrected chi connectivity index (χ1v) is 7.79. The SMILES string of the molecule is Cc1nn(C[C@H]2CC[C@H](C(=O)O)CC2)c2cc(F)c(C#N)cc12. The molecule has 1 heterocycles. The van der Waals surface area contributed by atoms with Crippen LogP contribution in [0.2, 0.25) is 0 Å². The van der Waals surface area contributed by atoms with Crippen molar-refractivity contribution in [2.45, 2.75) is 39.2 Å². The molecule has 0 bridgehead atoms. The van der Waals surface area contributed by atoms with Gasteiger partial charge in [-0.2, -0.15) is 10.4 Å². The molecule has 0 radical (unpaired) electrons. The molecule has 0 spiro atoms. The van der Waals surface area contributed by atoms with Gasteiger partial charge in [-0.05, 0) is 44.6 Å². The van der Waals surface area contributed by atoms with Crippen LogP contribution in [0.15, 0.2) is 12.1 Å². The Morgan fingerprint density at radius 3 is 2.74 bits per heavy atom. The number of halogens is 1. The maximum Gasteiger partial charge on any atom is 0.306 e. The number of nitriles is 1. The molecule has 1 N–H and O–H groups in total. The van der Waals surface area contributed by atoms with E-state index in [1.54, 1.807) is 10.7 Å². The molecule has 1 aromatic heterocycles. The fourth-order valence-electron chi connectivity index (χ4n) is 3.42. The van der Waals surface area contributed by atoms with Crippen molar-refractivity contribution in [1.82, 2.24) is 9.78 Å². The summed E-state index contributed by atoms with van der Waals surface area (Å²) in [5, 5.41) is 23.3. The van der Waals surface area contributed by atoms with Crippen LogP contribution in [-0.2, 0) is 11.3 Å². The molecular weight excluding hydrogens is 297 g/mol. The van der Waals surface area contributed by atoms with Gasteiger partial charge in [0.1, 0.15) is 11.9 Å². The second-order valence-corrected chi connectivity index (χ2v) is 6.28. The van der Waals surface area contributed by atoms with E-state index in [9.17, 15) is 9.18 Å². The van der Waals surface area contributed by atoms with Crippen molar-refractivity contribution in [1.29, 1.82) is 5.26 Å². The molecule has 5 nitrogen and oxygen atoms in total. The molecule has 0 aliphatic heterocycles. The number of carboxylic acid groups (broad SMARTS) is 1. The summed E-state index contributed by atoms with van der Waals surface area (Å²) in [5.41, 5.74) is 1.50. The predicted octanol–water partition coefficient (Wildman–Crippen LogP) is 3.25. The van der Waals surface area contributed by atoms with Gasteiger partial charge in [0, 0.05) is 18.0 Å². The summed E-state index contributed by atoms with van der Waals surface area (Å²) in [6.07, 6.45) is 3.06. The third-order valence-corrected chi connectivity index (χ3v) is 4.77. The average Bonchev–Trinajstić information content (AvgIpc) is 2.82. The summed E-state index contributed by atoms with van der Waals surface area (Å²) < 4.78 is 15.7. The molecule has 0 unspecified atom stereocenters. The van der Waals surface area contributed by atoms with Crippen LogP contribution in [0.25, 0.3) is 10.9 Å². The smallest absolute Gasteiger partial charge is 0.306 e. The van der Waals surface area contributed by atoms with Gasteiger partial charge < -0.3 is 5.11 Å². The average molecular weight is 315 g/mol. The molecule has 1 fully saturated rings. The quantitative estimate of drug-likeness (QED) is 0.943. The standard InChI is InChI=1S/C17H18FN3O2/c1-10-14-6-13(8-19)15(18)7-16(14)21(20-10)9-11-2-4-12(5-3-11)17(22)23/h6-7,11-12H,2-5,9H2,1H3,(H,22,23)/t11-,12-. The van der Waals surface area contributed by atoms with Crippen molar-refractivity contribution < 1.29 is 14.3 Å². The maximum absolute atomic E-state index is 13.9. The molecule has 1 saturated carbocycles. The maximum atomic E-state index is 13.9. The van der Waals surface area contributed by atoms with E-state index in [2.05, 4.69) is 5.10 Å². The van der Waals surface area contributed by atoms with E-state index in [1.807, 2.05) is 13.0 Å². The number of rotatable bonds is 3. The number of aliphatic carboxylic acids is 1. The van der Waals surface area contributed by atoms with E-state index in [4.69, 9.17) is 10.4 Å². The lowest BCUT2D eigenvalue weighted by atomic mass is 9.82. The fraction of sp³-hybridized carbons (Fsp3) is 0.471. The second-order valence-electron chi connectivity index (χ2n) is 6.28. The van der Waals surface area contributed by atoms with Gasteiger partial charge in [0.15, 0.2) is 0 Å². The van der Waals surface area contributed by atoms with E-state index in [1.165, 1.54) is 6.07 Å².